The third kappa shape index (κ3) is 8.53. The molecule has 0 aliphatic rings. The average Bonchev–Trinajstić information content (AvgIpc) is 2.75. The van der Waals surface area contributed by atoms with Crippen molar-refractivity contribution in [3.8, 4) is 11.5 Å². The molecular weight excluding hydrogens is 441 g/mol. The smallest absolute Gasteiger partial charge is 0.496 e. The second kappa shape index (κ2) is 12.0. The molecule has 2 rings (SSSR count). The van der Waals surface area contributed by atoms with E-state index in [4.69, 9.17) is 4.74 Å². The fourth-order valence-electron chi connectivity index (χ4n) is 2.98. The fraction of sp³-hybridized carbons (Fsp3) is 0.364. The summed E-state index contributed by atoms with van der Waals surface area (Å²) in [5, 5.41) is 7.79. The summed E-state index contributed by atoms with van der Waals surface area (Å²) < 4.78 is 46.2. The summed E-state index contributed by atoms with van der Waals surface area (Å²) in [4.78, 5) is 26.9. The van der Waals surface area contributed by atoms with E-state index >= 15 is 0 Å². The Labute approximate surface area is 190 Å². The maximum absolute atomic E-state index is 12.5. The van der Waals surface area contributed by atoms with E-state index in [1.807, 2.05) is 13.8 Å². The number of urea groups is 1. The van der Waals surface area contributed by atoms with Gasteiger partial charge in [0.05, 0.1) is 12.7 Å². The molecule has 0 aliphatic carbocycles. The van der Waals surface area contributed by atoms with Crippen LogP contribution in [0, 0.1) is 0 Å². The van der Waals surface area contributed by atoms with Crippen LogP contribution in [0.25, 0.3) is 0 Å². The van der Waals surface area contributed by atoms with Crippen LogP contribution in [0.4, 0.5) is 29.3 Å². The van der Waals surface area contributed by atoms with Gasteiger partial charge in [-0.2, -0.15) is 0 Å². The number of nitrogens with one attached hydrogen (secondary N) is 3. The lowest BCUT2D eigenvalue weighted by atomic mass is 10.1. The van der Waals surface area contributed by atoms with Crippen LogP contribution in [0.5, 0.6) is 11.5 Å². The molecule has 0 fully saturated rings. The molecule has 3 amide bonds. The van der Waals surface area contributed by atoms with Crippen molar-refractivity contribution < 1.29 is 32.2 Å². The van der Waals surface area contributed by atoms with E-state index in [1.165, 1.54) is 37.4 Å². The number of halogens is 3. The zero-order valence-electron chi connectivity index (χ0n) is 18.6. The van der Waals surface area contributed by atoms with E-state index in [0.717, 1.165) is 31.8 Å². The number of anilines is 2. The summed E-state index contributed by atoms with van der Waals surface area (Å²) in [6, 6.07) is 8.69. The molecule has 2 aromatic carbocycles. The van der Waals surface area contributed by atoms with E-state index in [9.17, 15) is 22.8 Å². The molecule has 0 bridgehead atoms. The lowest BCUT2D eigenvalue weighted by Crippen LogP contribution is -2.34. The second-order valence-corrected chi connectivity index (χ2v) is 6.85. The Hall–Kier alpha value is -3.47. The number of ether oxygens (including phenoxy) is 2. The number of hydrogen-bond acceptors (Lipinski definition) is 5. The van der Waals surface area contributed by atoms with Crippen LogP contribution >= 0.6 is 0 Å². The van der Waals surface area contributed by atoms with Crippen molar-refractivity contribution in [1.82, 2.24) is 10.2 Å². The first kappa shape index (κ1) is 25.8. The van der Waals surface area contributed by atoms with Crippen LogP contribution in [-0.2, 0) is 0 Å². The van der Waals surface area contributed by atoms with Gasteiger partial charge in [-0.05, 0) is 37.4 Å². The fourth-order valence-corrected chi connectivity index (χ4v) is 2.98. The highest BCUT2D eigenvalue weighted by Gasteiger charge is 2.31. The topological polar surface area (TPSA) is 91.9 Å². The van der Waals surface area contributed by atoms with Crippen molar-refractivity contribution in [2.24, 2.45) is 0 Å². The number of alkyl halides is 3. The molecule has 8 nitrogen and oxygen atoms in total. The molecule has 33 heavy (non-hydrogen) atoms. The molecule has 0 heterocycles. The number of rotatable bonds is 10. The van der Waals surface area contributed by atoms with Crippen molar-refractivity contribution in [3.05, 3.63) is 48.0 Å². The van der Waals surface area contributed by atoms with Gasteiger partial charge in [-0.3, -0.25) is 4.79 Å². The van der Waals surface area contributed by atoms with Crippen LogP contribution in [0.3, 0.4) is 0 Å². The lowest BCUT2D eigenvalue weighted by Gasteiger charge is -2.18. The van der Waals surface area contributed by atoms with Crippen molar-refractivity contribution in [2.75, 3.05) is 43.9 Å². The Balaban J connectivity index is 1.99. The first-order chi connectivity index (χ1) is 15.6. The maximum atomic E-state index is 12.5. The van der Waals surface area contributed by atoms with E-state index in [2.05, 4.69) is 25.6 Å². The van der Waals surface area contributed by atoms with Crippen molar-refractivity contribution in [2.45, 2.75) is 20.2 Å². The van der Waals surface area contributed by atoms with Gasteiger partial charge in [-0.25, -0.2) is 4.79 Å². The van der Waals surface area contributed by atoms with E-state index < -0.39 is 18.1 Å². The monoisotopic (exact) mass is 468 g/mol. The van der Waals surface area contributed by atoms with Crippen molar-refractivity contribution >= 4 is 23.3 Å². The Kier molecular flexibility index (Phi) is 9.34. The second-order valence-electron chi connectivity index (χ2n) is 6.85. The first-order valence-corrected chi connectivity index (χ1v) is 10.3. The van der Waals surface area contributed by atoms with Gasteiger partial charge in [0.15, 0.2) is 0 Å². The number of likely N-dealkylation sites (N-methyl/N-ethyl adjacent to an activating group) is 1. The molecule has 0 aliphatic heterocycles. The normalized spacial score (nSPS) is 11.1. The number of methoxy groups -OCH3 is 1. The minimum absolute atomic E-state index is 0.102. The summed E-state index contributed by atoms with van der Waals surface area (Å²) in [5.41, 5.74) is 0.733. The number of nitrogens with zero attached hydrogens (tertiary/aromatic N) is 1. The number of hydrogen-bond donors (Lipinski definition) is 3. The van der Waals surface area contributed by atoms with Crippen molar-refractivity contribution in [3.63, 3.8) is 0 Å². The predicted octanol–water partition coefficient (Wildman–Crippen LogP) is 4.31. The van der Waals surface area contributed by atoms with Crippen LogP contribution in [0.1, 0.15) is 24.2 Å². The zero-order chi connectivity index (χ0) is 24.4. The highest BCUT2D eigenvalue weighted by atomic mass is 19.4. The van der Waals surface area contributed by atoms with Gasteiger partial charge >= 0.3 is 12.4 Å². The molecule has 180 valence electrons. The maximum Gasteiger partial charge on any atom is 0.573 e. The number of carbonyl (C=O) groups excluding carboxylic acids is 2. The molecular formula is C22H27F3N4O4. The molecule has 11 heteroatoms. The quantitative estimate of drug-likeness (QED) is 0.483. The summed E-state index contributed by atoms with van der Waals surface area (Å²) in [6.45, 7) is 7.06. The van der Waals surface area contributed by atoms with Gasteiger partial charge in [-0.15, -0.1) is 13.2 Å². The van der Waals surface area contributed by atoms with Gasteiger partial charge in [-0.1, -0.05) is 19.9 Å². The Morgan fingerprint density at radius 3 is 2.27 bits per heavy atom. The minimum atomic E-state index is -4.84. The third-order valence-corrected chi connectivity index (χ3v) is 4.64. The molecule has 0 radical (unpaired) electrons. The number of benzene rings is 2. The summed E-state index contributed by atoms with van der Waals surface area (Å²) in [5.74, 6) is -0.511. The van der Waals surface area contributed by atoms with Gasteiger partial charge in [0.25, 0.3) is 5.91 Å². The standard InChI is InChI=1S/C22H27F3N4O4/c1-4-29(5-2)12-11-26-20(30)18-10-9-16(14-19(18)32-3)28-21(31)27-15-7-6-8-17(13-15)33-22(23,24)25/h6-10,13-14H,4-5,11-12H2,1-3H3,(H,26,30)(H2,27,28,31). The third-order valence-electron chi connectivity index (χ3n) is 4.64. The molecule has 0 aromatic heterocycles. The van der Waals surface area contributed by atoms with Gasteiger partial charge in [0, 0.05) is 36.6 Å². The highest BCUT2D eigenvalue weighted by Crippen LogP contribution is 2.26. The van der Waals surface area contributed by atoms with Crippen LogP contribution in [0.15, 0.2) is 42.5 Å². The molecule has 3 N–H and O–H groups in total. The zero-order valence-corrected chi connectivity index (χ0v) is 18.6. The Bertz CT molecular complexity index is 949. The number of amides is 3. The van der Waals surface area contributed by atoms with Crippen molar-refractivity contribution in [1.29, 1.82) is 0 Å². The van der Waals surface area contributed by atoms with Crippen LogP contribution in [0.2, 0.25) is 0 Å². The lowest BCUT2D eigenvalue weighted by molar-refractivity contribution is -0.274. The van der Waals surface area contributed by atoms with Crippen LogP contribution < -0.4 is 25.4 Å². The average molecular weight is 468 g/mol. The van der Waals surface area contributed by atoms with Crippen LogP contribution in [-0.4, -0.2) is 56.5 Å². The molecule has 0 spiro atoms. The van der Waals surface area contributed by atoms with Gasteiger partial charge in [0.1, 0.15) is 11.5 Å². The molecule has 2 aromatic rings. The predicted molar refractivity (Wildman–Crippen MR) is 119 cm³/mol. The van der Waals surface area contributed by atoms with Gasteiger partial charge < -0.3 is 30.3 Å². The largest absolute Gasteiger partial charge is 0.573 e. The van der Waals surface area contributed by atoms with Gasteiger partial charge in [0.2, 0.25) is 0 Å². The molecule has 0 saturated carbocycles. The first-order valence-electron chi connectivity index (χ1n) is 10.3. The molecule has 0 saturated heterocycles. The highest BCUT2D eigenvalue weighted by molar-refractivity contribution is 6.01. The summed E-state index contributed by atoms with van der Waals surface area (Å²) >= 11 is 0. The SMILES string of the molecule is CCN(CC)CCNC(=O)c1ccc(NC(=O)Nc2cccc(OC(F)(F)F)c2)cc1OC. The van der Waals surface area contributed by atoms with E-state index in [0.29, 0.717) is 17.8 Å². The van der Waals surface area contributed by atoms with E-state index in [1.54, 1.807) is 0 Å². The summed E-state index contributed by atoms with van der Waals surface area (Å²) in [6.07, 6.45) is -4.84. The summed E-state index contributed by atoms with van der Waals surface area (Å²) in [7, 11) is 1.40. The number of carbonyl (C=O) groups is 2. The minimum Gasteiger partial charge on any atom is -0.496 e. The Morgan fingerprint density at radius 1 is 1.00 bits per heavy atom. The molecule has 0 atom stereocenters. The molecule has 0 unspecified atom stereocenters. The van der Waals surface area contributed by atoms with E-state index in [-0.39, 0.29) is 17.3 Å². The Morgan fingerprint density at radius 2 is 1.67 bits per heavy atom.